The van der Waals surface area contributed by atoms with E-state index in [0.29, 0.717) is 18.2 Å². The zero-order chi connectivity index (χ0) is 20.1. The lowest BCUT2D eigenvalue weighted by Gasteiger charge is -2.19. The Labute approximate surface area is 158 Å². The van der Waals surface area contributed by atoms with Crippen molar-refractivity contribution in [3.05, 3.63) is 64.6 Å². The van der Waals surface area contributed by atoms with Crippen LogP contribution >= 0.6 is 0 Å². The van der Waals surface area contributed by atoms with Crippen LogP contribution in [0.4, 0.5) is 22.0 Å². The maximum atomic E-state index is 14.0. The Morgan fingerprint density at radius 3 is 2.54 bits per heavy atom. The van der Waals surface area contributed by atoms with Crippen molar-refractivity contribution in [2.75, 3.05) is 0 Å². The van der Waals surface area contributed by atoms with E-state index < -0.39 is 29.3 Å². The fraction of sp³-hybridized carbons (Fsp3) is 0.400. The van der Waals surface area contributed by atoms with Crippen molar-refractivity contribution in [3.63, 3.8) is 0 Å². The van der Waals surface area contributed by atoms with Crippen LogP contribution in [-0.4, -0.2) is 14.6 Å². The molecular formula is C20H18F5N3. The van der Waals surface area contributed by atoms with Crippen LogP contribution in [0.3, 0.4) is 0 Å². The zero-order valence-electron chi connectivity index (χ0n) is 15.1. The van der Waals surface area contributed by atoms with Crippen LogP contribution in [0.15, 0.2) is 30.5 Å². The number of pyridine rings is 1. The van der Waals surface area contributed by atoms with Crippen LogP contribution in [-0.2, 0) is 19.0 Å². The third-order valence-electron chi connectivity index (χ3n) is 5.21. The van der Waals surface area contributed by atoms with Gasteiger partial charge in [0.1, 0.15) is 23.0 Å². The van der Waals surface area contributed by atoms with E-state index in [-0.39, 0.29) is 23.2 Å². The van der Waals surface area contributed by atoms with Gasteiger partial charge in [0.2, 0.25) is 0 Å². The average Bonchev–Trinajstić information content (AvgIpc) is 3.34. The highest BCUT2D eigenvalue weighted by Gasteiger charge is 2.39. The van der Waals surface area contributed by atoms with E-state index in [1.165, 1.54) is 16.5 Å². The Morgan fingerprint density at radius 2 is 1.89 bits per heavy atom. The van der Waals surface area contributed by atoms with Gasteiger partial charge in [0.15, 0.2) is 5.65 Å². The highest BCUT2D eigenvalue weighted by Crippen LogP contribution is 2.39. The molecule has 0 spiro atoms. The molecule has 1 aliphatic carbocycles. The molecule has 3 aromatic rings. The van der Waals surface area contributed by atoms with Gasteiger partial charge >= 0.3 is 6.18 Å². The van der Waals surface area contributed by atoms with Gasteiger partial charge in [-0.25, -0.2) is 8.78 Å². The summed E-state index contributed by atoms with van der Waals surface area (Å²) in [5.74, 6) is -1.16. The summed E-state index contributed by atoms with van der Waals surface area (Å²) in [4.78, 5) is 0. The molecule has 0 N–H and O–H groups in total. The molecule has 2 heterocycles. The molecule has 0 saturated heterocycles. The minimum absolute atomic E-state index is 0.00837. The molecule has 0 radical (unpaired) electrons. The Hall–Kier alpha value is -2.51. The molecule has 3 nitrogen and oxygen atoms in total. The topological polar surface area (TPSA) is 30.2 Å². The molecule has 1 saturated carbocycles. The molecule has 1 atom stereocenters. The van der Waals surface area contributed by atoms with Crippen molar-refractivity contribution in [2.24, 2.45) is 5.92 Å². The third-order valence-corrected chi connectivity index (χ3v) is 5.21. The Kier molecular flexibility index (Phi) is 4.59. The standard InChI is InChI=1S/C20H18F5N3/c1-11(8-13-4-5-14(21)10-16(13)22)15-6-7-28-17(9-12-2-3-12)26-27-19(28)18(15)20(23,24)25/h4-7,10-12H,2-3,8-9H2,1H3. The fourth-order valence-corrected chi connectivity index (χ4v) is 3.57. The number of alkyl halides is 3. The number of hydrogen-bond donors (Lipinski definition) is 0. The molecule has 0 aliphatic heterocycles. The van der Waals surface area contributed by atoms with E-state index in [2.05, 4.69) is 10.2 Å². The van der Waals surface area contributed by atoms with Gasteiger partial charge in [0, 0.05) is 18.7 Å². The summed E-state index contributed by atoms with van der Waals surface area (Å²) in [7, 11) is 0. The van der Waals surface area contributed by atoms with Crippen LogP contribution < -0.4 is 0 Å². The van der Waals surface area contributed by atoms with Gasteiger partial charge < -0.3 is 0 Å². The van der Waals surface area contributed by atoms with Crippen LogP contribution in [0.1, 0.15) is 48.2 Å². The summed E-state index contributed by atoms with van der Waals surface area (Å²) in [5, 5.41) is 7.78. The molecular weight excluding hydrogens is 377 g/mol. The van der Waals surface area contributed by atoms with E-state index in [1.54, 1.807) is 13.1 Å². The number of fused-ring (bicyclic) bond motifs is 1. The summed E-state index contributed by atoms with van der Waals surface area (Å²) >= 11 is 0. The maximum absolute atomic E-state index is 14.0. The van der Waals surface area contributed by atoms with Gasteiger partial charge in [-0.2, -0.15) is 13.2 Å². The number of aromatic nitrogens is 3. The first-order valence-corrected chi connectivity index (χ1v) is 9.11. The van der Waals surface area contributed by atoms with Gasteiger partial charge in [0.25, 0.3) is 0 Å². The van der Waals surface area contributed by atoms with Crippen molar-refractivity contribution in [3.8, 4) is 0 Å². The van der Waals surface area contributed by atoms with Crippen LogP contribution in [0.25, 0.3) is 5.65 Å². The van der Waals surface area contributed by atoms with Gasteiger partial charge in [-0.3, -0.25) is 4.40 Å². The molecule has 0 amide bonds. The molecule has 1 aliphatic rings. The average molecular weight is 395 g/mol. The molecule has 0 bridgehead atoms. The monoisotopic (exact) mass is 395 g/mol. The third kappa shape index (κ3) is 3.59. The number of nitrogens with zero attached hydrogens (tertiary/aromatic N) is 3. The van der Waals surface area contributed by atoms with Gasteiger partial charge in [-0.05, 0) is 54.4 Å². The fourth-order valence-electron chi connectivity index (χ4n) is 3.57. The second kappa shape index (κ2) is 6.83. The van der Waals surface area contributed by atoms with E-state index in [0.717, 1.165) is 25.0 Å². The molecule has 148 valence electrons. The largest absolute Gasteiger partial charge is 0.420 e. The molecule has 1 unspecified atom stereocenters. The minimum atomic E-state index is -4.63. The van der Waals surface area contributed by atoms with Gasteiger partial charge in [0.05, 0.1) is 0 Å². The first kappa shape index (κ1) is 18.8. The van der Waals surface area contributed by atoms with E-state index >= 15 is 0 Å². The Bertz CT molecular complexity index is 1020. The molecule has 28 heavy (non-hydrogen) atoms. The van der Waals surface area contributed by atoms with Crippen molar-refractivity contribution in [2.45, 2.75) is 44.7 Å². The van der Waals surface area contributed by atoms with Crippen molar-refractivity contribution < 1.29 is 22.0 Å². The van der Waals surface area contributed by atoms with Crippen molar-refractivity contribution in [1.82, 2.24) is 14.6 Å². The van der Waals surface area contributed by atoms with Gasteiger partial charge in [-0.1, -0.05) is 13.0 Å². The van der Waals surface area contributed by atoms with Crippen LogP contribution in [0.5, 0.6) is 0 Å². The lowest BCUT2D eigenvalue weighted by molar-refractivity contribution is -0.137. The normalized spacial score (nSPS) is 15.9. The quantitative estimate of drug-likeness (QED) is 0.547. The molecule has 1 fully saturated rings. The predicted octanol–water partition coefficient (Wildman–Crippen LogP) is 5.33. The summed E-state index contributed by atoms with van der Waals surface area (Å²) < 4.78 is 70.1. The number of hydrogen-bond acceptors (Lipinski definition) is 2. The second-order valence-electron chi connectivity index (χ2n) is 7.44. The van der Waals surface area contributed by atoms with E-state index in [9.17, 15) is 22.0 Å². The molecule has 8 heteroatoms. The van der Waals surface area contributed by atoms with E-state index in [4.69, 9.17) is 0 Å². The Balaban J connectivity index is 1.74. The highest BCUT2D eigenvalue weighted by atomic mass is 19.4. The number of benzene rings is 1. The van der Waals surface area contributed by atoms with Crippen LogP contribution in [0, 0.1) is 17.6 Å². The first-order chi connectivity index (χ1) is 13.2. The van der Waals surface area contributed by atoms with Crippen molar-refractivity contribution >= 4 is 5.65 Å². The Morgan fingerprint density at radius 1 is 1.14 bits per heavy atom. The highest BCUT2D eigenvalue weighted by molar-refractivity contribution is 5.55. The molecule has 2 aromatic heterocycles. The molecule has 1 aromatic carbocycles. The summed E-state index contributed by atoms with van der Waals surface area (Å²) in [5.41, 5.74) is -0.890. The van der Waals surface area contributed by atoms with Crippen molar-refractivity contribution in [1.29, 1.82) is 0 Å². The minimum Gasteiger partial charge on any atom is -0.286 e. The zero-order valence-corrected chi connectivity index (χ0v) is 15.1. The number of rotatable bonds is 5. The lowest BCUT2D eigenvalue weighted by atomic mass is 9.90. The second-order valence-corrected chi connectivity index (χ2v) is 7.44. The van der Waals surface area contributed by atoms with Crippen LogP contribution in [0.2, 0.25) is 0 Å². The molecule has 4 rings (SSSR count). The summed E-state index contributed by atoms with van der Waals surface area (Å²) in [6.45, 7) is 1.59. The SMILES string of the molecule is CC(Cc1ccc(F)cc1F)c1ccn2c(CC3CC3)nnc2c1C(F)(F)F. The summed E-state index contributed by atoms with van der Waals surface area (Å²) in [6.07, 6.45) is -0.353. The predicted molar refractivity (Wildman–Crippen MR) is 92.9 cm³/mol. The number of halogens is 5. The first-order valence-electron chi connectivity index (χ1n) is 9.11. The smallest absolute Gasteiger partial charge is 0.286 e. The maximum Gasteiger partial charge on any atom is 0.420 e. The van der Waals surface area contributed by atoms with Gasteiger partial charge in [-0.15, -0.1) is 10.2 Å². The van der Waals surface area contributed by atoms with E-state index in [1.807, 2.05) is 0 Å². The summed E-state index contributed by atoms with van der Waals surface area (Å²) in [6, 6.07) is 4.50. The lowest BCUT2D eigenvalue weighted by Crippen LogP contribution is -2.15.